The van der Waals surface area contributed by atoms with Gasteiger partial charge in [0.05, 0.1) is 29.8 Å². The monoisotopic (exact) mass is 379 g/mol. The first-order valence-electron chi connectivity index (χ1n) is 7.95. The van der Waals surface area contributed by atoms with Crippen LogP contribution in [0.1, 0.15) is 12.5 Å². The van der Waals surface area contributed by atoms with Crippen LogP contribution in [0, 0.1) is 5.82 Å². The molecule has 138 valence electrons. The third-order valence-corrected chi connectivity index (χ3v) is 5.30. The third kappa shape index (κ3) is 3.49. The Balaban J connectivity index is 2.19. The fourth-order valence-electron chi connectivity index (χ4n) is 2.80. The van der Waals surface area contributed by atoms with E-state index in [2.05, 4.69) is 14.9 Å². The Hall–Kier alpha value is -2.65. The number of phenolic OH excluding ortho intramolecular Hbond substituents is 1. The number of benzene rings is 2. The van der Waals surface area contributed by atoms with Crippen molar-refractivity contribution in [3.8, 4) is 16.9 Å². The Morgan fingerprint density at radius 1 is 1.27 bits per heavy atom. The molecule has 26 heavy (non-hydrogen) atoms. The van der Waals surface area contributed by atoms with Crippen LogP contribution in [0.4, 0.5) is 10.1 Å². The van der Waals surface area contributed by atoms with Gasteiger partial charge in [0.2, 0.25) is 10.0 Å². The van der Waals surface area contributed by atoms with Gasteiger partial charge in [-0.05, 0) is 47.4 Å². The molecule has 9 heteroatoms. The molecule has 0 saturated carbocycles. The number of aromatic hydroxyl groups is 1. The van der Waals surface area contributed by atoms with Crippen LogP contribution in [0.5, 0.6) is 5.75 Å². The lowest BCUT2D eigenvalue weighted by atomic mass is 9.96. The molecule has 3 rings (SSSR count). The number of nitrogens with one attached hydrogen (secondary N) is 2. The quantitative estimate of drug-likeness (QED) is 0.525. The minimum absolute atomic E-state index is 0.273. The molecule has 1 heterocycles. The summed E-state index contributed by atoms with van der Waals surface area (Å²) in [6, 6.07) is 5.89. The first-order chi connectivity index (χ1) is 12.3. The van der Waals surface area contributed by atoms with Gasteiger partial charge in [-0.3, -0.25) is 9.82 Å². The summed E-state index contributed by atoms with van der Waals surface area (Å²) in [5.74, 6) is -1.63. The lowest BCUT2D eigenvalue weighted by molar-refractivity contribution is 0.320. The molecule has 0 aliphatic carbocycles. The smallest absolute Gasteiger partial charge is 0.235 e. The number of aliphatic hydroxyl groups excluding tert-OH is 1. The second-order valence-electron chi connectivity index (χ2n) is 5.81. The van der Waals surface area contributed by atoms with Crippen LogP contribution in [-0.4, -0.2) is 41.2 Å². The summed E-state index contributed by atoms with van der Waals surface area (Å²) in [4.78, 5) is 0. The summed E-state index contributed by atoms with van der Waals surface area (Å²) in [5, 5.41) is 25.8. The zero-order valence-corrected chi connectivity index (χ0v) is 14.8. The molecule has 7 nitrogen and oxygen atoms in total. The Kier molecular flexibility index (Phi) is 4.84. The van der Waals surface area contributed by atoms with Gasteiger partial charge < -0.3 is 10.2 Å². The Bertz CT molecular complexity index is 1060. The zero-order chi connectivity index (χ0) is 18.9. The van der Waals surface area contributed by atoms with Crippen LogP contribution < -0.4 is 4.72 Å². The third-order valence-electron chi connectivity index (χ3n) is 4.05. The van der Waals surface area contributed by atoms with Crippen molar-refractivity contribution in [3.63, 3.8) is 0 Å². The molecule has 0 saturated heterocycles. The number of H-pyrrole nitrogens is 1. The lowest BCUT2D eigenvalue weighted by Crippen LogP contribution is -2.19. The molecule has 0 aliphatic rings. The Labute approximate surface area is 149 Å². The number of sulfonamides is 1. The number of aromatic amines is 1. The van der Waals surface area contributed by atoms with Crippen LogP contribution in [0.2, 0.25) is 0 Å². The number of hydrogen-bond acceptors (Lipinski definition) is 5. The fourth-order valence-corrected chi connectivity index (χ4v) is 3.64. The molecule has 0 bridgehead atoms. The average Bonchev–Trinajstić information content (AvgIpc) is 3.05. The maximum absolute atomic E-state index is 13.9. The summed E-state index contributed by atoms with van der Waals surface area (Å²) >= 11 is 0. The van der Waals surface area contributed by atoms with Gasteiger partial charge in [-0.25, -0.2) is 12.8 Å². The van der Waals surface area contributed by atoms with Gasteiger partial charge in [-0.15, -0.1) is 0 Å². The minimum Gasteiger partial charge on any atom is -0.505 e. The van der Waals surface area contributed by atoms with E-state index in [9.17, 15) is 17.9 Å². The molecule has 0 fully saturated rings. The molecule has 0 radical (unpaired) electrons. The highest BCUT2D eigenvalue weighted by Gasteiger charge is 2.16. The van der Waals surface area contributed by atoms with Crippen LogP contribution in [0.15, 0.2) is 30.5 Å². The maximum atomic E-state index is 13.9. The molecule has 0 atom stereocenters. The molecule has 2 aromatic carbocycles. The van der Waals surface area contributed by atoms with Crippen LogP contribution in [-0.2, 0) is 16.4 Å². The number of anilines is 1. The number of halogens is 1. The number of fused-ring (bicyclic) bond motifs is 1. The van der Waals surface area contributed by atoms with Crippen molar-refractivity contribution in [2.75, 3.05) is 17.1 Å². The van der Waals surface area contributed by atoms with Crippen molar-refractivity contribution in [2.45, 2.75) is 13.3 Å². The molecule has 0 unspecified atom stereocenters. The number of aliphatic hydroxyl groups is 1. The molecule has 1 aromatic heterocycles. The van der Waals surface area contributed by atoms with E-state index in [1.807, 2.05) is 6.92 Å². The van der Waals surface area contributed by atoms with E-state index in [1.54, 1.807) is 12.1 Å². The van der Waals surface area contributed by atoms with Crippen LogP contribution in [0.3, 0.4) is 0 Å². The number of aryl methyl sites for hydroxylation is 1. The Morgan fingerprint density at radius 3 is 2.73 bits per heavy atom. The van der Waals surface area contributed by atoms with E-state index in [-0.39, 0.29) is 5.69 Å². The first kappa shape index (κ1) is 18.2. The highest BCUT2D eigenvalue weighted by Crippen LogP contribution is 2.35. The van der Waals surface area contributed by atoms with Crippen molar-refractivity contribution in [1.82, 2.24) is 10.2 Å². The largest absolute Gasteiger partial charge is 0.505 e. The highest BCUT2D eigenvalue weighted by atomic mass is 32.2. The summed E-state index contributed by atoms with van der Waals surface area (Å²) in [6.07, 6.45) is 2.03. The van der Waals surface area contributed by atoms with Gasteiger partial charge in [0.25, 0.3) is 0 Å². The van der Waals surface area contributed by atoms with Crippen molar-refractivity contribution < 1.29 is 23.0 Å². The molecular formula is C17H18FN3O4S. The topological polar surface area (TPSA) is 115 Å². The van der Waals surface area contributed by atoms with Crippen molar-refractivity contribution in [3.05, 3.63) is 41.8 Å². The molecule has 0 amide bonds. The standard InChI is InChI=1S/C17H18FN3O4S/c1-2-10-7-17(23)14(18)8-12(10)11-5-15-13(9-19-20-15)16(6-11)21-26(24,25)4-3-22/h5-9,21-23H,2-4H2,1H3,(H,19,20). The van der Waals surface area contributed by atoms with Crippen molar-refractivity contribution in [1.29, 1.82) is 0 Å². The van der Waals surface area contributed by atoms with E-state index in [1.165, 1.54) is 18.3 Å². The maximum Gasteiger partial charge on any atom is 0.235 e. The van der Waals surface area contributed by atoms with Crippen molar-refractivity contribution >= 4 is 26.6 Å². The molecular weight excluding hydrogens is 361 g/mol. The first-order valence-corrected chi connectivity index (χ1v) is 9.60. The predicted octanol–water partition coefficient (Wildman–Crippen LogP) is 2.37. The highest BCUT2D eigenvalue weighted by molar-refractivity contribution is 7.92. The van der Waals surface area contributed by atoms with Crippen molar-refractivity contribution in [2.24, 2.45) is 0 Å². The zero-order valence-electron chi connectivity index (χ0n) is 14.0. The number of rotatable bonds is 6. The summed E-state index contributed by atoms with van der Waals surface area (Å²) < 4.78 is 40.4. The second-order valence-corrected chi connectivity index (χ2v) is 7.66. The molecule has 3 aromatic rings. The number of aromatic nitrogens is 2. The van der Waals surface area contributed by atoms with E-state index < -0.39 is 33.9 Å². The second kappa shape index (κ2) is 6.93. The molecule has 0 spiro atoms. The molecule has 4 N–H and O–H groups in total. The number of hydrogen-bond donors (Lipinski definition) is 4. The predicted molar refractivity (Wildman–Crippen MR) is 97.0 cm³/mol. The van der Waals surface area contributed by atoms with E-state index in [0.717, 1.165) is 0 Å². The van der Waals surface area contributed by atoms with Gasteiger partial charge in [0, 0.05) is 5.39 Å². The molecule has 0 aliphatic heterocycles. The van der Waals surface area contributed by atoms with Gasteiger partial charge in [-0.2, -0.15) is 5.10 Å². The van der Waals surface area contributed by atoms with Gasteiger partial charge in [-0.1, -0.05) is 6.92 Å². The fraction of sp³-hybridized carbons (Fsp3) is 0.235. The summed E-state index contributed by atoms with van der Waals surface area (Å²) in [5.41, 5.74) is 2.67. The SMILES string of the molecule is CCc1cc(O)c(F)cc1-c1cc(NS(=O)(=O)CCO)c2cn[nH]c2c1. The van der Waals surface area contributed by atoms with Crippen LogP contribution in [0.25, 0.3) is 22.0 Å². The Morgan fingerprint density at radius 2 is 2.04 bits per heavy atom. The van der Waals surface area contributed by atoms with Gasteiger partial charge in [0.15, 0.2) is 11.6 Å². The minimum atomic E-state index is -3.74. The van der Waals surface area contributed by atoms with E-state index in [4.69, 9.17) is 5.11 Å². The lowest BCUT2D eigenvalue weighted by Gasteiger charge is -2.13. The van der Waals surface area contributed by atoms with E-state index >= 15 is 0 Å². The average molecular weight is 379 g/mol. The normalized spacial score (nSPS) is 11.8. The number of nitrogens with zero attached hydrogens (tertiary/aromatic N) is 1. The summed E-state index contributed by atoms with van der Waals surface area (Å²) in [6.45, 7) is 1.36. The van der Waals surface area contributed by atoms with Gasteiger partial charge in [0.1, 0.15) is 0 Å². The van der Waals surface area contributed by atoms with Gasteiger partial charge >= 0.3 is 0 Å². The van der Waals surface area contributed by atoms with Crippen LogP contribution >= 0.6 is 0 Å². The van der Waals surface area contributed by atoms with E-state index in [0.29, 0.717) is 34.0 Å². The summed E-state index contributed by atoms with van der Waals surface area (Å²) in [7, 11) is -3.74. The number of phenols is 1.